The molecule has 0 atom stereocenters. The van der Waals surface area contributed by atoms with Crippen LogP contribution < -0.4 is 4.72 Å². The van der Waals surface area contributed by atoms with Crippen molar-refractivity contribution in [3.8, 4) is 0 Å². The maximum absolute atomic E-state index is 12.3. The lowest BCUT2D eigenvalue weighted by Gasteiger charge is -2.15. The van der Waals surface area contributed by atoms with Crippen LogP contribution in [0.1, 0.15) is 23.2 Å². The average molecular weight is 365 g/mol. The van der Waals surface area contributed by atoms with Gasteiger partial charge in [-0.25, -0.2) is 8.42 Å². The Labute approximate surface area is 146 Å². The van der Waals surface area contributed by atoms with E-state index in [9.17, 15) is 13.2 Å². The van der Waals surface area contributed by atoms with Gasteiger partial charge in [0, 0.05) is 29.4 Å². The molecule has 126 valence electrons. The Morgan fingerprint density at radius 3 is 2.12 bits per heavy atom. The van der Waals surface area contributed by atoms with Crippen molar-refractivity contribution in [2.45, 2.75) is 17.7 Å². The van der Waals surface area contributed by atoms with E-state index in [1.165, 1.54) is 24.3 Å². The van der Waals surface area contributed by atoms with Gasteiger partial charge in [-0.05, 0) is 61.4 Å². The van der Waals surface area contributed by atoms with Gasteiger partial charge in [0.1, 0.15) is 0 Å². The number of hydrogen-bond donors (Lipinski definition) is 1. The van der Waals surface area contributed by atoms with E-state index in [0.29, 0.717) is 16.3 Å². The van der Waals surface area contributed by atoms with Crippen LogP contribution in [0.3, 0.4) is 0 Å². The van der Waals surface area contributed by atoms with Gasteiger partial charge in [-0.3, -0.25) is 9.52 Å². The van der Waals surface area contributed by atoms with Gasteiger partial charge in [0.25, 0.3) is 15.9 Å². The van der Waals surface area contributed by atoms with Gasteiger partial charge < -0.3 is 4.90 Å². The first-order valence-corrected chi connectivity index (χ1v) is 9.49. The number of benzene rings is 2. The third-order valence-corrected chi connectivity index (χ3v) is 5.55. The van der Waals surface area contributed by atoms with E-state index in [4.69, 9.17) is 11.6 Å². The molecule has 24 heavy (non-hydrogen) atoms. The van der Waals surface area contributed by atoms with Crippen molar-refractivity contribution in [1.29, 1.82) is 0 Å². The zero-order valence-electron chi connectivity index (χ0n) is 12.9. The average Bonchev–Trinajstić information content (AvgIpc) is 3.09. The molecule has 1 heterocycles. The summed E-state index contributed by atoms with van der Waals surface area (Å²) in [6.45, 7) is 1.56. The number of carbonyl (C=O) groups is 1. The highest BCUT2D eigenvalue weighted by molar-refractivity contribution is 7.92. The van der Waals surface area contributed by atoms with Gasteiger partial charge in [0.15, 0.2) is 0 Å². The highest BCUT2D eigenvalue weighted by Gasteiger charge is 2.19. The van der Waals surface area contributed by atoms with Crippen LogP contribution in [-0.4, -0.2) is 32.3 Å². The summed E-state index contributed by atoms with van der Waals surface area (Å²) in [5.74, 6) is -0.0143. The topological polar surface area (TPSA) is 66.5 Å². The predicted molar refractivity (Wildman–Crippen MR) is 93.8 cm³/mol. The Morgan fingerprint density at radius 2 is 1.54 bits per heavy atom. The minimum absolute atomic E-state index is 0.0143. The maximum atomic E-state index is 12.3. The van der Waals surface area contributed by atoms with Crippen LogP contribution >= 0.6 is 11.6 Å². The first kappa shape index (κ1) is 16.8. The molecule has 3 rings (SSSR count). The molecule has 1 fully saturated rings. The van der Waals surface area contributed by atoms with Gasteiger partial charge in [0.2, 0.25) is 0 Å². The van der Waals surface area contributed by atoms with Gasteiger partial charge in [-0.15, -0.1) is 0 Å². The van der Waals surface area contributed by atoms with Crippen LogP contribution in [0.2, 0.25) is 5.02 Å². The number of nitrogens with one attached hydrogen (secondary N) is 1. The summed E-state index contributed by atoms with van der Waals surface area (Å²) in [4.78, 5) is 14.2. The van der Waals surface area contributed by atoms with Crippen molar-refractivity contribution in [1.82, 2.24) is 4.90 Å². The minimum atomic E-state index is -3.68. The molecule has 0 unspecified atom stereocenters. The lowest BCUT2D eigenvalue weighted by Crippen LogP contribution is -2.27. The fourth-order valence-electron chi connectivity index (χ4n) is 2.61. The van der Waals surface area contributed by atoms with Gasteiger partial charge in [0.05, 0.1) is 4.90 Å². The number of anilines is 1. The molecule has 1 saturated heterocycles. The molecule has 0 aromatic heterocycles. The van der Waals surface area contributed by atoms with E-state index >= 15 is 0 Å². The largest absolute Gasteiger partial charge is 0.339 e. The molecule has 1 N–H and O–H groups in total. The summed E-state index contributed by atoms with van der Waals surface area (Å²) in [5.41, 5.74) is 0.967. The van der Waals surface area contributed by atoms with Gasteiger partial charge in [-0.2, -0.15) is 0 Å². The Balaban J connectivity index is 1.73. The molecular formula is C17H17ClN2O3S. The Hall–Kier alpha value is -2.05. The minimum Gasteiger partial charge on any atom is -0.339 e. The quantitative estimate of drug-likeness (QED) is 0.904. The van der Waals surface area contributed by atoms with Crippen molar-refractivity contribution in [3.05, 3.63) is 59.1 Å². The molecule has 7 heteroatoms. The predicted octanol–water partition coefficient (Wildman–Crippen LogP) is 3.38. The first-order chi connectivity index (χ1) is 11.5. The molecule has 5 nitrogen and oxygen atoms in total. The third kappa shape index (κ3) is 3.71. The summed E-state index contributed by atoms with van der Waals surface area (Å²) in [6, 6.07) is 12.4. The van der Waals surface area contributed by atoms with Crippen molar-refractivity contribution in [2.24, 2.45) is 0 Å². The molecule has 1 aliphatic rings. The van der Waals surface area contributed by atoms with Gasteiger partial charge in [-0.1, -0.05) is 11.6 Å². The monoisotopic (exact) mass is 364 g/mol. The molecule has 1 aliphatic heterocycles. The molecule has 0 spiro atoms. The fraction of sp³-hybridized carbons (Fsp3) is 0.235. The highest BCUT2D eigenvalue weighted by Crippen LogP contribution is 2.20. The number of carbonyl (C=O) groups excluding carboxylic acids is 1. The van der Waals surface area contributed by atoms with E-state index in [2.05, 4.69) is 4.72 Å². The molecule has 2 aromatic carbocycles. The third-order valence-electron chi connectivity index (χ3n) is 3.90. The Morgan fingerprint density at radius 1 is 0.958 bits per heavy atom. The van der Waals surface area contributed by atoms with Crippen LogP contribution in [0.4, 0.5) is 5.69 Å². The maximum Gasteiger partial charge on any atom is 0.261 e. The van der Waals surface area contributed by atoms with E-state index < -0.39 is 10.0 Å². The van der Waals surface area contributed by atoms with Crippen molar-refractivity contribution >= 4 is 33.2 Å². The molecule has 0 aliphatic carbocycles. The molecule has 2 aromatic rings. The van der Waals surface area contributed by atoms with Crippen molar-refractivity contribution in [2.75, 3.05) is 17.8 Å². The van der Waals surface area contributed by atoms with Gasteiger partial charge >= 0.3 is 0 Å². The number of sulfonamides is 1. The summed E-state index contributed by atoms with van der Waals surface area (Å²) in [6.07, 6.45) is 2.06. The normalized spacial score (nSPS) is 14.6. The first-order valence-electron chi connectivity index (χ1n) is 7.63. The standard InChI is InChI=1S/C17H17ClN2O3S/c18-14-5-9-16(10-6-14)24(22,23)19-15-7-3-13(4-8-15)17(21)20-11-1-2-12-20/h3-10,19H,1-2,11-12H2. The molecular weight excluding hydrogens is 348 g/mol. The highest BCUT2D eigenvalue weighted by atomic mass is 35.5. The summed E-state index contributed by atoms with van der Waals surface area (Å²) in [5, 5.41) is 0.471. The van der Waals surface area contributed by atoms with E-state index in [1.807, 2.05) is 4.90 Å². The second-order valence-corrected chi connectivity index (χ2v) is 7.75. The summed E-state index contributed by atoms with van der Waals surface area (Å²) >= 11 is 5.77. The second kappa shape index (κ2) is 6.83. The van der Waals surface area contributed by atoms with E-state index in [0.717, 1.165) is 25.9 Å². The number of likely N-dealkylation sites (tertiary alicyclic amines) is 1. The molecule has 1 amide bonds. The summed E-state index contributed by atoms with van der Waals surface area (Å²) in [7, 11) is -3.68. The Kier molecular flexibility index (Phi) is 4.78. The van der Waals surface area contributed by atoms with Crippen molar-refractivity contribution < 1.29 is 13.2 Å². The van der Waals surface area contributed by atoms with E-state index in [1.54, 1.807) is 24.3 Å². The second-order valence-electron chi connectivity index (χ2n) is 5.64. The molecule has 0 bridgehead atoms. The van der Waals surface area contributed by atoms with Crippen LogP contribution in [0, 0.1) is 0 Å². The lowest BCUT2D eigenvalue weighted by atomic mass is 10.2. The molecule has 0 radical (unpaired) electrons. The van der Waals surface area contributed by atoms with Crippen LogP contribution in [0.25, 0.3) is 0 Å². The summed E-state index contributed by atoms with van der Waals surface area (Å²) < 4.78 is 27.1. The smallest absolute Gasteiger partial charge is 0.261 e. The number of amides is 1. The number of hydrogen-bond acceptors (Lipinski definition) is 3. The fourth-order valence-corrected chi connectivity index (χ4v) is 3.80. The lowest BCUT2D eigenvalue weighted by molar-refractivity contribution is 0.0793. The molecule has 0 saturated carbocycles. The van der Waals surface area contributed by atoms with Crippen LogP contribution in [0.15, 0.2) is 53.4 Å². The zero-order valence-corrected chi connectivity index (χ0v) is 14.5. The van der Waals surface area contributed by atoms with Crippen LogP contribution in [0.5, 0.6) is 0 Å². The van der Waals surface area contributed by atoms with Crippen LogP contribution in [-0.2, 0) is 10.0 Å². The SMILES string of the molecule is O=C(c1ccc(NS(=O)(=O)c2ccc(Cl)cc2)cc1)N1CCCC1. The Bertz CT molecular complexity index is 827. The number of nitrogens with zero attached hydrogens (tertiary/aromatic N) is 1. The number of rotatable bonds is 4. The van der Waals surface area contributed by atoms with E-state index in [-0.39, 0.29) is 10.8 Å². The number of halogens is 1. The van der Waals surface area contributed by atoms with Crippen molar-refractivity contribution in [3.63, 3.8) is 0 Å². The zero-order chi connectivity index (χ0) is 17.2.